The number of rotatable bonds is 4. The lowest BCUT2D eigenvalue weighted by atomic mass is 10.1. The van der Waals surface area contributed by atoms with Gasteiger partial charge in [-0.1, -0.05) is 17.7 Å². The zero-order valence-corrected chi connectivity index (χ0v) is 14.7. The Kier molecular flexibility index (Phi) is 4.90. The van der Waals surface area contributed by atoms with E-state index in [1.165, 1.54) is 12.1 Å². The molecule has 1 heterocycles. The lowest BCUT2D eigenvalue weighted by Gasteiger charge is -2.18. The molecule has 1 N–H and O–H groups in total. The van der Waals surface area contributed by atoms with Crippen LogP contribution in [0.1, 0.15) is 28.8 Å². The molecule has 0 atom stereocenters. The molecule has 0 saturated carbocycles. The Hall–Kier alpha value is -2.93. The monoisotopic (exact) mass is 373 g/mol. The number of nitro benzene ring substituents is 1. The summed E-state index contributed by atoms with van der Waals surface area (Å²) in [4.78, 5) is 36.6. The van der Waals surface area contributed by atoms with Crippen molar-refractivity contribution in [3.8, 4) is 0 Å². The van der Waals surface area contributed by atoms with E-state index in [1.54, 1.807) is 36.1 Å². The van der Waals surface area contributed by atoms with E-state index in [0.29, 0.717) is 40.5 Å². The van der Waals surface area contributed by atoms with Crippen LogP contribution in [-0.2, 0) is 4.79 Å². The average Bonchev–Trinajstić information content (AvgIpc) is 3.02. The van der Waals surface area contributed by atoms with Gasteiger partial charge in [0, 0.05) is 24.6 Å². The van der Waals surface area contributed by atoms with Gasteiger partial charge in [0.2, 0.25) is 5.91 Å². The molecule has 1 aliphatic rings. The number of nitro groups is 1. The summed E-state index contributed by atoms with van der Waals surface area (Å²) in [6.45, 7) is 2.14. The first kappa shape index (κ1) is 17.9. The molecule has 0 radical (unpaired) electrons. The zero-order chi connectivity index (χ0) is 18.8. The number of anilines is 2. The molecule has 0 spiro atoms. The third-order valence-corrected chi connectivity index (χ3v) is 4.64. The van der Waals surface area contributed by atoms with Gasteiger partial charge in [-0.3, -0.25) is 19.7 Å². The zero-order valence-electron chi connectivity index (χ0n) is 14.0. The number of carbonyl (C=O) groups is 2. The smallest absolute Gasteiger partial charge is 0.274 e. The third-order valence-electron chi connectivity index (χ3n) is 4.32. The molecule has 0 unspecified atom stereocenters. The Labute approximate surface area is 154 Å². The van der Waals surface area contributed by atoms with Gasteiger partial charge in [0.05, 0.1) is 26.9 Å². The highest BCUT2D eigenvalue weighted by Crippen LogP contribution is 2.31. The third kappa shape index (κ3) is 3.39. The molecule has 3 rings (SSSR count). The van der Waals surface area contributed by atoms with Crippen LogP contribution in [0.3, 0.4) is 0 Å². The standard InChI is InChI=1S/C18H16ClN3O4/c1-11-14(4-2-5-15(11)22(25)26)20-18(24)12-7-8-13(19)16(10-12)21-9-3-6-17(21)23/h2,4-5,7-8,10H,3,6,9H2,1H3,(H,20,24). The van der Waals surface area contributed by atoms with Crippen molar-refractivity contribution in [3.05, 3.63) is 62.7 Å². The Bertz CT molecular complexity index is 913. The summed E-state index contributed by atoms with van der Waals surface area (Å²) >= 11 is 6.19. The minimum Gasteiger partial charge on any atom is -0.321 e. The molecule has 2 aromatic rings. The van der Waals surface area contributed by atoms with Crippen LogP contribution in [0.5, 0.6) is 0 Å². The Morgan fingerprint density at radius 2 is 2.08 bits per heavy atom. The van der Waals surface area contributed by atoms with E-state index >= 15 is 0 Å². The Balaban J connectivity index is 1.88. The molecular formula is C18H16ClN3O4. The van der Waals surface area contributed by atoms with Crippen molar-refractivity contribution in [1.82, 2.24) is 0 Å². The van der Waals surface area contributed by atoms with Crippen LogP contribution in [0.2, 0.25) is 5.02 Å². The van der Waals surface area contributed by atoms with Crippen LogP contribution >= 0.6 is 11.6 Å². The average molecular weight is 374 g/mol. The first-order valence-electron chi connectivity index (χ1n) is 8.04. The van der Waals surface area contributed by atoms with Gasteiger partial charge in [-0.05, 0) is 37.6 Å². The van der Waals surface area contributed by atoms with Gasteiger partial charge < -0.3 is 10.2 Å². The molecule has 134 valence electrons. The second-order valence-corrected chi connectivity index (χ2v) is 6.38. The molecule has 7 nitrogen and oxygen atoms in total. The first-order chi connectivity index (χ1) is 12.4. The Morgan fingerprint density at radius 1 is 1.31 bits per heavy atom. The number of nitrogens with zero attached hydrogens (tertiary/aromatic N) is 2. The number of benzene rings is 2. The fourth-order valence-corrected chi connectivity index (χ4v) is 3.13. The SMILES string of the molecule is Cc1c(NC(=O)c2ccc(Cl)c(N3CCCC3=O)c2)cccc1[N+](=O)[O-]. The van der Waals surface area contributed by atoms with E-state index in [-0.39, 0.29) is 11.6 Å². The first-order valence-corrected chi connectivity index (χ1v) is 8.41. The number of halogens is 1. The van der Waals surface area contributed by atoms with E-state index in [0.717, 1.165) is 6.42 Å². The van der Waals surface area contributed by atoms with Gasteiger partial charge in [0.25, 0.3) is 11.6 Å². The molecule has 1 fully saturated rings. The normalized spacial score (nSPS) is 13.8. The largest absolute Gasteiger partial charge is 0.321 e. The van der Waals surface area contributed by atoms with Crippen LogP contribution < -0.4 is 10.2 Å². The second kappa shape index (κ2) is 7.13. The van der Waals surface area contributed by atoms with Crippen molar-refractivity contribution in [1.29, 1.82) is 0 Å². The molecule has 1 saturated heterocycles. The predicted molar refractivity (Wildman–Crippen MR) is 98.8 cm³/mol. The quantitative estimate of drug-likeness (QED) is 0.649. The molecule has 2 amide bonds. The molecule has 8 heteroatoms. The van der Waals surface area contributed by atoms with Gasteiger partial charge in [-0.2, -0.15) is 0 Å². The van der Waals surface area contributed by atoms with Crippen LogP contribution in [0, 0.1) is 17.0 Å². The molecule has 0 bridgehead atoms. The van der Waals surface area contributed by atoms with Crippen LogP contribution in [0.4, 0.5) is 17.1 Å². The lowest BCUT2D eigenvalue weighted by molar-refractivity contribution is -0.385. The summed E-state index contributed by atoms with van der Waals surface area (Å²) in [6.07, 6.45) is 1.21. The highest BCUT2D eigenvalue weighted by Gasteiger charge is 2.24. The van der Waals surface area contributed by atoms with E-state index in [1.807, 2.05) is 0 Å². The molecule has 1 aliphatic heterocycles. The van der Waals surface area contributed by atoms with Crippen molar-refractivity contribution in [2.45, 2.75) is 19.8 Å². The fraction of sp³-hybridized carbons (Fsp3) is 0.222. The minimum atomic E-state index is -0.496. The maximum Gasteiger partial charge on any atom is 0.274 e. The summed E-state index contributed by atoms with van der Waals surface area (Å²) in [6, 6.07) is 9.17. The number of nitrogens with one attached hydrogen (secondary N) is 1. The van der Waals surface area contributed by atoms with Crippen molar-refractivity contribution < 1.29 is 14.5 Å². The van der Waals surface area contributed by atoms with E-state index in [2.05, 4.69) is 5.32 Å². The molecule has 0 aromatic heterocycles. The van der Waals surface area contributed by atoms with Gasteiger partial charge in [0.1, 0.15) is 0 Å². The minimum absolute atomic E-state index is 0.0287. The van der Waals surface area contributed by atoms with Crippen molar-refractivity contribution >= 4 is 40.5 Å². The molecule has 26 heavy (non-hydrogen) atoms. The predicted octanol–water partition coefficient (Wildman–Crippen LogP) is 3.94. The van der Waals surface area contributed by atoms with E-state index in [4.69, 9.17) is 11.6 Å². The molecule has 2 aromatic carbocycles. The maximum atomic E-state index is 12.6. The topological polar surface area (TPSA) is 92.6 Å². The van der Waals surface area contributed by atoms with Gasteiger partial charge in [-0.25, -0.2) is 0 Å². The summed E-state index contributed by atoms with van der Waals surface area (Å²) in [5.74, 6) is -0.461. The maximum absolute atomic E-state index is 12.6. The number of hydrogen-bond acceptors (Lipinski definition) is 4. The van der Waals surface area contributed by atoms with Crippen LogP contribution in [0.15, 0.2) is 36.4 Å². The second-order valence-electron chi connectivity index (χ2n) is 5.98. The lowest BCUT2D eigenvalue weighted by Crippen LogP contribution is -2.24. The summed E-state index contributed by atoms with van der Waals surface area (Å²) < 4.78 is 0. The summed E-state index contributed by atoms with van der Waals surface area (Å²) in [7, 11) is 0. The van der Waals surface area contributed by atoms with Gasteiger partial charge >= 0.3 is 0 Å². The highest BCUT2D eigenvalue weighted by molar-refractivity contribution is 6.34. The van der Waals surface area contributed by atoms with Gasteiger partial charge in [0.15, 0.2) is 0 Å². The molecular weight excluding hydrogens is 358 g/mol. The fourth-order valence-electron chi connectivity index (χ4n) is 2.91. The van der Waals surface area contributed by atoms with Crippen molar-refractivity contribution in [2.24, 2.45) is 0 Å². The van der Waals surface area contributed by atoms with E-state index < -0.39 is 10.8 Å². The number of hydrogen-bond donors (Lipinski definition) is 1. The molecule has 0 aliphatic carbocycles. The van der Waals surface area contributed by atoms with Gasteiger partial charge in [-0.15, -0.1) is 0 Å². The number of amides is 2. The highest BCUT2D eigenvalue weighted by atomic mass is 35.5. The number of carbonyl (C=O) groups excluding carboxylic acids is 2. The summed E-state index contributed by atoms with van der Waals surface area (Å²) in [5, 5.41) is 14.1. The Morgan fingerprint density at radius 3 is 2.73 bits per heavy atom. The van der Waals surface area contributed by atoms with Crippen molar-refractivity contribution in [2.75, 3.05) is 16.8 Å². The van der Waals surface area contributed by atoms with Crippen LogP contribution in [-0.4, -0.2) is 23.3 Å². The van der Waals surface area contributed by atoms with Crippen molar-refractivity contribution in [3.63, 3.8) is 0 Å². The summed E-state index contributed by atoms with van der Waals surface area (Å²) in [5.41, 5.74) is 1.47. The van der Waals surface area contributed by atoms with Crippen LogP contribution in [0.25, 0.3) is 0 Å². The van der Waals surface area contributed by atoms with E-state index in [9.17, 15) is 19.7 Å².